The topological polar surface area (TPSA) is 75.3 Å². The molecule has 2 rings (SSSR count). The predicted octanol–water partition coefficient (Wildman–Crippen LogP) is 3.29. The predicted molar refractivity (Wildman–Crippen MR) is 102 cm³/mol. The molecule has 0 radical (unpaired) electrons. The van der Waals surface area contributed by atoms with Gasteiger partial charge in [-0.25, -0.2) is 0 Å². The van der Waals surface area contributed by atoms with Gasteiger partial charge in [0.1, 0.15) is 0 Å². The summed E-state index contributed by atoms with van der Waals surface area (Å²) >= 11 is 0. The third-order valence-electron chi connectivity index (χ3n) is 4.09. The number of benzene rings is 2. The molecule has 0 aliphatic rings. The number of hydrogen-bond acceptors (Lipinski definition) is 6. The second kappa shape index (κ2) is 10.4. The van der Waals surface area contributed by atoms with Crippen molar-refractivity contribution in [1.29, 1.82) is 0 Å². The minimum absolute atomic E-state index is 0.0621. The monoisotopic (exact) mass is 411 g/mol. The van der Waals surface area contributed by atoms with Crippen LogP contribution < -0.4 is 29.0 Å². The first kappa shape index (κ1) is 22.1. The molecular weight excluding hydrogens is 388 g/mol. The Bertz CT molecular complexity index is 844. The average Bonchev–Trinajstić information content (AvgIpc) is 2.72. The molecule has 1 N–H and O–H groups in total. The second-order valence-electron chi connectivity index (χ2n) is 5.75. The van der Waals surface area contributed by atoms with Crippen LogP contribution in [0.2, 0.25) is 0 Å². The standard InChI is InChI=1S/C20H23F2NO6/c1-25-14-7-5-12(11-16(14)29-20(21)22)9-10-23-19(24)13-6-8-15(26-2)18(28-4)17(13)27-3/h5-8,11,20H,9-10H2,1-4H3,(H,23,24). The van der Waals surface area contributed by atoms with Crippen molar-refractivity contribution in [2.45, 2.75) is 13.0 Å². The smallest absolute Gasteiger partial charge is 0.387 e. The zero-order valence-corrected chi connectivity index (χ0v) is 16.6. The number of methoxy groups -OCH3 is 4. The first-order valence-corrected chi connectivity index (χ1v) is 8.64. The van der Waals surface area contributed by atoms with Crippen LogP contribution >= 0.6 is 0 Å². The van der Waals surface area contributed by atoms with Gasteiger partial charge in [-0.2, -0.15) is 8.78 Å². The van der Waals surface area contributed by atoms with Crippen molar-refractivity contribution in [2.75, 3.05) is 35.0 Å². The zero-order chi connectivity index (χ0) is 21.4. The van der Waals surface area contributed by atoms with E-state index in [1.807, 2.05) is 0 Å². The summed E-state index contributed by atoms with van der Waals surface area (Å²) in [4.78, 5) is 12.6. The lowest BCUT2D eigenvalue weighted by molar-refractivity contribution is -0.0512. The van der Waals surface area contributed by atoms with Crippen LogP contribution in [-0.2, 0) is 6.42 Å². The van der Waals surface area contributed by atoms with Gasteiger partial charge < -0.3 is 29.0 Å². The Morgan fingerprint density at radius 3 is 2.14 bits per heavy atom. The maximum absolute atomic E-state index is 12.6. The fourth-order valence-electron chi connectivity index (χ4n) is 2.76. The summed E-state index contributed by atoms with van der Waals surface area (Å²) in [5.74, 6) is 0.764. The molecule has 1 amide bonds. The molecule has 2 aromatic rings. The van der Waals surface area contributed by atoms with Gasteiger partial charge in [-0.1, -0.05) is 6.07 Å². The molecule has 0 atom stereocenters. The van der Waals surface area contributed by atoms with Crippen LogP contribution in [0.1, 0.15) is 15.9 Å². The van der Waals surface area contributed by atoms with E-state index in [1.54, 1.807) is 18.2 Å². The highest BCUT2D eigenvalue weighted by Gasteiger charge is 2.20. The molecule has 0 heterocycles. The molecule has 9 heteroatoms. The molecule has 0 aliphatic heterocycles. The molecule has 0 saturated carbocycles. The van der Waals surface area contributed by atoms with E-state index in [9.17, 15) is 13.6 Å². The lowest BCUT2D eigenvalue weighted by atomic mass is 10.1. The number of hydrogen-bond donors (Lipinski definition) is 1. The number of nitrogens with one attached hydrogen (secondary N) is 1. The van der Waals surface area contributed by atoms with Gasteiger partial charge in [0.2, 0.25) is 5.75 Å². The largest absolute Gasteiger partial charge is 0.493 e. The Morgan fingerprint density at radius 1 is 0.897 bits per heavy atom. The number of amides is 1. The lowest BCUT2D eigenvalue weighted by Gasteiger charge is -2.15. The minimum atomic E-state index is -2.96. The summed E-state index contributed by atoms with van der Waals surface area (Å²) in [5, 5.41) is 2.76. The Kier molecular flexibility index (Phi) is 7.88. The molecule has 0 aliphatic carbocycles. The normalized spacial score (nSPS) is 10.4. The number of rotatable bonds is 10. The summed E-state index contributed by atoms with van der Waals surface area (Å²) in [6, 6.07) is 7.87. The molecule has 29 heavy (non-hydrogen) atoms. The quantitative estimate of drug-likeness (QED) is 0.647. The highest BCUT2D eigenvalue weighted by Crippen LogP contribution is 2.39. The SMILES string of the molecule is COc1ccc(CCNC(=O)c2ccc(OC)c(OC)c2OC)cc1OC(F)F. The Balaban J connectivity index is 2.09. The number of ether oxygens (including phenoxy) is 5. The van der Waals surface area contributed by atoms with E-state index in [-0.39, 0.29) is 35.3 Å². The second-order valence-corrected chi connectivity index (χ2v) is 5.75. The van der Waals surface area contributed by atoms with Crippen LogP contribution in [0.5, 0.6) is 28.7 Å². The van der Waals surface area contributed by atoms with Crippen LogP contribution in [0.25, 0.3) is 0 Å². The van der Waals surface area contributed by atoms with Crippen LogP contribution in [0.15, 0.2) is 30.3 Å². The van der Waals surface area contributed by atoms with Crippen molar-refractivity contribution >= 4 is 5.91 Å². The van der Waals surface area contributed by atoms with Gasteiger partial charge in [0.15, 0.2) is 23.0 Å². The molecule has 0 saturated heterocycles. The van der Waals surface area contributed by atoms with Gasteiger partial charge in [-0.05, 0) is 36.2 Å². The van der Waals surface area contributed by atoms with E-state index in [1.165, 1.54) is 40.6 Å². The van der Waals surface area contributed by atoms with Gasteiger partial charge in [-0.15, -0.1) is 0 Å². The highest BCUT2D eigenvalue weighted by atomic mass is 19.3. The summed E-state index contributed by atoms with van der Waals surface area (Å²) in [5.41, 5.74) is 0.975. The summed E-state index contributed by atoms with van der Waals surface area (Å²) < 4.78 is 50.3. The van der Waals surface area contributed by atoms with E-state index in [0.29, 0.717) is 23.5 Å². The van der Waals surface area contributed by atoms with E-state index < -0.39 is 6.61 Å². The summed E-state index contributed by atoms with van der Waals surface area (Å²) in [6.45, 7) is -2.70. The zero-order valence-electron chi connectivity index (χ0n) is 16.6. The van der Waals surface area contributed by atoms with Crippen molar-refractivity contribution in [3.63, 3.8) is 0 Å². The molecule has 7 nitrogen and oxygen atoms in total. The lowest BCUT2D eigenvalue weighted by Crippen LogP contribution is -2.26. The fourth-order valence-corrected chi connectivity index (χ4v) is 2.76. The maximum Gasteiger partial charge on any atom is 0.387 e. The van der Waals surface area contributed by atoms with Gasteiger partial charge in [0, 0.05) is 6.54 Å². The van der Waals surface area contributed by atoms with Crippen molar-refractivity contribution in [1.82, 2.24) is 5.32 Å². The van der Waals surface area contributed by atoms with Crippen molar-refractivity contribution in [2.24, 2.45) is 0 Å². The number of halogens is 2. The number of carbonyl (C=O) groups excluding carboxylic acids is 1. The van der Waals surface area contributed by atoms with E-state index in [0.717, 1.165) is 0 Å². The van der Waals surface area contributed by atoms with Gasteiger partial charge in [-0.3, -0.25) is 4.79 Å². The molecule has 0 aromatic heterocycles. The fraction of sp³-hybridized carbons (Fsp3) is 0.350. The molecule has 0 fully saturated rings. The minimum Gasteiger partial charge on any atom is -0.493 e. The number of alkyl halides is 2. The molecule has 158 valence electrons. The molecule has 2 aromatic carbocycles. The number of carbonyl (C=O) groups is 1. The maximum atomic E-state index is 12.6. The van der Waals surface area contributed by atoms with Crippen LogP contribution in [0.3, 0.4) is 0 Å². The van der Waals surface area contributed by atoms with Gasteiger partial charge in [0.25, 0.3) is 5.91 Å². The van der Waals surface area contributed by atoms with Crippen molar-refractivity contribution in [3.05, 3.63) is 41.5 Å². The van der Waals surface area contributed by atoms with Crippen LogP contribution in [-0.4, -0.2) is 47.5 Å². The Labute approximate surface area is 167 Å². The Morgan fingerprint density at radius 2 is 1.55 bits per heavy atom. The Hall–Kier alpha value is -3.23. The van der Waals surface area contributed by atoms with E-state index in [4.69, 9.17) is 18.9 Å². The first-order chi connectivity index (χ1) is 13.9. The molecule has 0 spiro atoms. The van der Waals surface area contributed by atoms with E-state index >= 15 is 0 Å². The first-order valence-electron chi connectivity index (χ1n) is 8.64. The van der Waals surface area contributed by atoms with Gasteiger partial charge >= 0.3 is 6.61 Å². The molecule has 0 bridgehead atoms. The third-order valence-corrected chi connectivity index (χ3v) is 4.09. The van der Waals surface area contributed by atoms with E-state index in [2.05, 4.69) is 10.1 Å². The van der Waals surface area contributed by atoms with Crippen LogP contribution in [0, 0.1) is 0 Å². The summed E-state index contributed by atoms with van der Waals surface area (Å²) in [6.07, 6.45) is 0.394. The molecule has 0 unspecified atom stereocenters. The average molecular weight is 411 g/mol. The van der Waals surface area contributed by atoms with Crippen LogP contribution in [0.4, 0.5) is 8.78 Å². The molecular formula is C20H23F2NO6. The third kappa shape index (κ3) is 5.40. The highest BCUT2D eigenvalue weighted by molar-refractivity contribution is 5.98. The van der Waals surface area contributed by atoms with Crippen molar-refractivity contribution in [3.8, 4) is 28.7 Å². The summed E-state index contributed by atoms with van der Waals surface area (Å²) in [7, 11) is 5.72. The van der Waals surface area contributed by atoms with Gasteiger partial charge in [0.05, 0.1) is 34.0 Å². The van der Waals surface area contributed by atoms with Crippen molar-refractivity contribution < 1.29 is 37.3 Å².